The molecule has 40 heavy (non-hydrogen) atoms. The summed E-state index contributed by atoms with van der Waals surface area (Å²) in [7, 11) is 0. The van der Waals surface area contributed by atoms with E-state index < -0.39 is 0 Å². The first-order valence-corrected chi connectivity index (χ1v) is 13.1. The quantitative estimate of drug-likeness (QED) is 0.186. The van der Waals surface area contributed by atoms with Crippen LogP contribution in [0.4, 0.5) is 0 Å². The molecule has 0 fully saturated rings. The van der Waals surface area contributed by atoms with Crippen LogP contribution in [0.25, 0.3) is 0 Å². The molecule has 7 rings (SSSR count). The summed E-state index contributed by atoms with van der Waals surface area (Å²) in [6, 6.07) is 48.8. The van der Waals surface area contributed by atoms with Crippen LogP contribution in [0.1, 0.15) is 68.2 Å². The van der Waals surface area contributed by atoms with Crippen LogP contribution in [0.15, 0.2) is 128 Å². The summed E-state index contributed by atoms with van der Waals surface area (Å²) < 4.78 is 0. The van der Waals surface area contributed by atoms with Gasteiger partial charge < -0.3 is 0 Å². The van der Waals surface area contributed by atoms with Crippen molar-refractivity contribution >= 4 is 0 Å². The monoisotopic (exact) mass is 691 g/mol. The second-order valence-corrected chi connectivity index (χ2v) is 9.75. The van der Waals surface area contributed by atoms with E-state index in [9.17, 15) is 0 Å². The van der Waals surface area contributed by atoms with E-state index in [1.54, 1.807) is 0 Å². The van der Waals surface area contributed by atoms with Crippen molar-refractivity contribution in [3.8, 4) is 0 Å². The standard InChI is InChI=1S/C36H24N3.Ir/c1-4-19-37-31(16-1)34-25-10-7-12-27(22-25)35(32-17-2-5-20-38-32)29-14-9-15-30(24-29)36(33-18-3-6-21-39-33)28-13-8-11-26(34)23-28;/h1-21,34-36H;/q-3;+3. The second kappa shape index (κ2) is 11.5. The van der Waals surface area contributed by atoms with Crippen molar-refractivity contribution in [1.29, 1.82) is 0 Å². The molecule has 0 spiro atoms. The molecule has 4 heteroatoms. The van der Waals surface area contributed by atoms with Crippen molar-refractivity contribution in [2.24, 2.45) is 0 Å². The number of fused-ring (bicyclic) bond motifs is 6. The maximum Gasteiger partial charge on any atom is 3.00 e. The minimum Gasteiger partial charge on any atom is -0.260 e. The Kier molecular flexibility index (Phi) is 7.46. The van der Waals surface area contributed by atoms with Crippen molar-refractivity contribution < 1.29 is 20.1 Å². The molecule has 3 aromatic carbocycles. The van der Waals surface area contributed by atoms with E-state index in [1.807, 2.05) is 55.0 Å². The van der Waals surface area contributed by atoms with Gasteiger partial charge in [-0.25, -0.2) is 0 Å². The van der Waals surface area contributed by atoms with Crippen LogP contribution in [0, 0.1) is 18.2 Å². The fraction of sp³-hybridized carbons (Fsp3) is 0.0833. The van der Waals surface area contributed by atoms with Crippen LogP contribution in [0.3, 0.4) is 0 Å². The average Bonchev–Trinajstić information content (AvgIpc) is 3.00. The molecule has 0 N–H and O–H groups in total. The third-order valence-corrected chi connectivity index (χ3v) is 7.34. The Balaban J connectivity index is 0.00000289. The normalized spacial score (nSPS) is 17.6. The number of hydrogen-bond donors (Lipinski definition) is 0. The topological polar surface area (TPSA) is 38.7 Å². The first kappa shape index (κ1) is 26.0. The van der Waals surface area contributed by atoms with Gasteiger partial charge in [-0.3, -0.25) is 15.0 Å². The fourth-order valence-corrected chi connectivity index (χ4v) is 5.63. The van der Waals surface area contributed by atoms with Crippen LogP contribution in [-0.4, -0.2) is 15.0 Å². The van der Waals surface area contributed by atoms with Gasteiger partial charge in [0.1, 0.15) is 0 Å². The van der Waals surface area contributed by atoms with E-state index >= 15 is 0 Å². The van der Waals surface area contributed by atoms with Gasteiger partial charge in [-0.15, -0.1) is 0 Å². The van der Waals surface area contributed by atoms with E-state index in [4.69, 9.17) is 15.0 Å². The Morgan fingerprint density at radius 1 is 0.350 bits per heavy atom. The number of hydrogen-bond acceptors (Lipinski definition) is 3. The average molecular weight is 691 g/mol. The van der Waals surface area contributed by atoms with Gasteiger partial charge in [-0.05, 0) is 36.4 Å². The first-order chi connectivity index (χ1) is 19.3. The van der Waals surface area contributed by atoms with E-state index in [-0.39, 0.29) is 37.9 Å². The zero-order chi connectivity index (χ0) is 26.0. The molecular weight excluding hydrogens is 667 g/mol. The molecule has 192 valence electrons. The van der Waals surface area contributed by atoms with Crippen molar-refractivity contribution in [1.82, 2.24) is 15.0 Å². The van der Waals surface area contributed by atoms with Gasteiger partial charge in [-0.2, -0.15) is 106 Å². The van der Waals surface area contributed by atoms with Crippen molar-refractivity contribution in [3.63, 3.8) is 0 Å². The number of benzene rings is 3. The van der Waals surface area contributed by atoms with Crippen LogP contribution in [0.5, 0.6) is 0 Å². The summed E-state index contributed by atoms with van der Waals surface area (Å²) in [5.41, 5.74) is 9.18. The molecule has 0 atom stereocenters. The molecule has 3 heterocycles. The van der Waals surface area contributed by atoms with Gasteiger partial charge in [0.25, 0.3) is 0 Å². The molecule has 6 bridgehead atoms. The van der Waals surface area contributed by atoms with E-state index in [0.717, 1.165) is 50.5 Å². The van der Waals surface area contributed by atoms with Crippen LogP contribution < -0.4 is 0 Å². The van der Waals surface area contributed by atoms with E-state index in [2.05, 4.69) is 91.0 Å². The molecule has 0 saturated carbocycles. The Morgan fingerprint density at radius 3 is 0.850 bits per heavy atom. The van der Waals surface area contributed by atoms with E-state index in [0.29, 0.717) is 0 Å². The van der Waals surface area contributed by atoms with Crippen LogP contribution >= 0.6 is 0 Å². The third-order valence-electron chi connectivity index (χ3n) is 7.34. The zero-order valence-corrected chi connectivity index (χ0v) is 23.9. The van der Waals surface area contributed by atoms with Gasteiger partial charge in [-0.1, -0.05) is 18.2 Å². The van der Waals surface area contributed by atoms with Gasteiger partial charge in [0.15, 0.2) is 0 Å². The summed E-state index contributed by atoms with van der Waals surface area (Å²) in [6.45, 7) is 0. The Bertz CT molecular complexity index is 1460. The zero-order valence-electron chi connectivity index (χ0n) is 21.5. The molecule has 6 aromatic rings. The summed E-state index contributed by atoms with van der Waals surface area (Å²) in [5.74, 6) is -0.371. The van der Waals surface area contributed by atoms with Crippen molar-refractivity contribution in [2.75, 3.05) is 0 Å². The maximum absolute atomic E-state index is 4.78. The Labute approximate surface area is 248 Å². The largest absolute Gasteiger partial charge is 3.00 e. The summed E-state index contributed by atoms with van der Waals surface area (Å²) >= 11 is 0. The molecule has 0 amide bonds. The predicted octanol–water partition coefficient (Wildman–Crippen LogP) is 7.12. The molecule has 1 aliphatic rings. The second-order valence-electron chi connectivity index (χ2n) is 9.75. The van der Waals surface area contributed by atoms with Crippen molar-refractivity contribution in [3.05, 3.63) is 196 Å². The number of pyridine rings is 3. The van der Waals surface area contributed by atoms with Crippen molar-refractivity contribution in [2.45, 2.75) is 17.8 Å². The predicted molar refractivity (Wildman–Crippen MR) is 151 cm³/mol. The minimum atomic E-state index is -0.124. The molecule has 3 nitrogen and oxygen atoms in total. The third kappa shape index (κ3) is 4.93. The van der Waals surface area contributed by atoms with Crippen LogP contribution in [0.2, 0.25) is 0 Å². The van der Waals surface area contributed by atoms with Gasteiger partial charge in [0.2, 0.25) is 0 Å². The fourth-order valence-electron chi connectivity index (χ4n) is 5.63. The molecule has 0 saturated heterocycles. The van der Waals surface area contributed by atoms with E-state index in [1.165, 1.54) is 0 Å². The molecular formula is C36H24IrN3. The Hall–Kier alpha value is -4.24. The maximum atomic E-state index is 4.78. The molecule has 3 aromatic heterocycles. The SMILES string of the molecule is [Ir+3].[c-]1c2cccc1C(c1ccccn1)c1[c-]c(ccc1)C(c1ccccn1)c1[c-]c(ccc1)C2c1ccccn1. The molecule has 0 radical (unpaired) electrons. The summed E-state index contributed by atoms with van der Waals surface area (Å²) in [6.07, 6.45) is 5.56. The number of aromatic nitrogens is 3. The molecule has 1 aliphatic carbocycles. The van der Waals surface area contributed by atoms with Gasteiger partial charge >= 0.3 is 20.1 Å². The molecule has 0 unspecified atom stereocenters. The van der Waals surface area contributed by atoms with Gasteiger partial charge in [0.05, 0.1) is 0 Å². The first-order valence-electron chi connectivity index (χ1n) is 13.1. The smallest absolute Gasteiger partial charge is 0.260 e. The summed E-state index contributed by atoms with van der Waals surface area (Å²) in [4.78, 5) is 14.4. The minimum absolute atomic E-state index is 0. The van der Waals surface area contributed by atoms with Gasteiger partial charge in [0, 0.05) is 53.4 Å². The Morgan fingerprint density at radius 2 is 0.625 bits per heavy atom. The molecule has 0 aliphatic heterocycles. The number of nitrogens with zero attached hydrogens (tertiary/aromatic N) is 3. The number of rotatable bonds is 3. The van der Waals surface area contributed by atoms with Crippen LogP contribution in [-0.2, 0) is 20.1 Å². The summed E-state index contributed by atoms with van der Waals surface area (Å²) in [5, 5.41) is 0.